The summed E-state index contributed by atoms with van der Waals surface area (Å²) in [6.07, 6.45) is 68.9. The molecule has 66 heavy (non-hydrogen) atoms. The largest absolute Gasteiger partial charge is 0.472 e. The highest BCUT2D eigenvalue weighted by molar-refractivity contribution is 7.47. The lowest BCUT2D eigenvalue weighted by Gasteiger charge is -2.25. The highest BCUT2D eigenvalue weighted by Crippen LogP contribution is 2.43. The van der Waals surface area contributed by atoms with Gasteiger partial charge in [0.2, 0.25) is 5.91 Å². The molecule has 0 radical (unpaired) electrons. The number of quaternary nitrogens is 1. The van der Waals surface area contributed by atoms with Gasteiger partial charge in [-0.25, -0.2) is 4.57 Å². The number of likely N-dealkylation sites (N-methyl/N-ethyl adjacent to an activating group) is 1. The number of unbranched alkanes of at least 4 members (excludes halogenated alkanes) is 17. The molecule has 0 spiro atoms. The Labute approximate surface area is 406 Å². The maximum Gasteiger partial charge on any atom is 0.472 e. The number of aliphatic hydroxyl groups excluding tert-OH is 1. The second-order valence-corrected chi connectivity index (χ2v) is 19.9. The monoisotopic (exact) mass is 940 g/mol. The summed E-state index contributed by atoms with van der Waals surface area (Å²) in [7, 11) is 1.52. The van der Waals surface area contributed by atoms with Crippen LogP contribution in [-0.4, -0.2) is 73.4 Å². The quantitative estimate of drug-likeness (QED) is 0.0243. The summed E-state index contributed by atoms with van der Waals surface area (Å²) in [5.41, 5.74) is 0. The van der Waals surface area contributed by atoms with E-state index in [1.54, 1.807) is 6.08 Å². The second kappa shape index (κ2) is 47.2. The van der Waals surface area contributed by atoms with Gasteiger partial charge in [0, 0.05) is 6.42 Å². The summed E-state index contributed by atoms with van der Waals surface area (Å²) < 4.78 is 23.6. The summed E-state index contributed by atoms with van der Waals surface area (Å²) in [4.78, 5) is 23.2. The van der Waals surface area contributed by atoms with Crippen LogP contribution in [0.25, 0.3) is 0 Å². The molecule has 8 nitrogen and oxygen atoms in total. The summed E-state index contributed by atoms with van der Waals surface area (Å²) in [5.74, 6) is -0.211. The molecule has 9 heteroatoms. The average molecular weight is 940 g/mol. The number of carbonyl (C=O) groups is 1. The van der Waals surface area contributed by atoms with Crippen LogP contribution in [0.15, 0.2) is 109 Å². The number of nitrogens with zero attached hydrogens (tertiary/aromatic N) is 1. The van der Waals surface area contributed by atoms with Crippen molar-refractivity contribution in [2.45, 2.75) is 206 Å². The van der Waals surface area contributed by atoms with Crippen LogP contribution in [0.4, 0.5) is 0 Å². The van der Waals surface area contributed by atoms with E-state index in [0.29, 0.717) is 17.4 Å². The molecule has 0 saturated heterocycles. The molecule has 0 aliphatic carbocycles. The lowest BCUT2D eigenvalue weighted by molar-refractivity contribution is -0.870. The summed E-state index contributed by atoms with van der Waals surface area (Å²) in [6.45, 7) is 4.64. The number of hydrogen-bond acceptors (Lipinski definition) is 5. The smallest absolute Gasteiger partial charge is 0.387 e. The van der Waals surface area contributed by atoms with E-state index in [4.69, 9.17) is 9.05 Å². The number of carbonyl (C=O) groups excluding carboxylic acids is 1. The molecule has 0 fully saturated rings. The summed E-state index contributed by atoms with van der Waals surface area (Å²) in [5, 5.41) is 13.9. The minimum absolute atomic E-state index is 0.0441. The zero-order valence-electron chi connectivity index (χ0n) is 42.9. The first-order chi connectivity index (χ1) is 32.0. The van der Waals surface area contributed by atoms with Crippen molar-refractivity contribution in [2.24, 2.45) is 0 Å². The number of hydrogen-bond donors (Lipinski definition) is 3. The number of phosphoric acid groups is 1. The molecule has 0 aliphatic heterocycles. The molecule has 0 rings (SSSR count). The first kappa shape index (κ1) is 63.2. The van der Waals surface area contributed by atoms with Crippen LogP contribution in [0.2, 0.25) is 0 Å². The van der Waals surface area contributed by atoms with Crippen LogP contribution >= 0.6 is 7.82 Å². The topological polar surface area (TPSA) is 105 Å². The van der Waals surface area contributed by atoms with Gasteiger partial charge in [0.15, 0.2) is 0 Å². The van der Waals surface area contributed by atoms with E-state index in [9.17, 15) is 19.4 Å². The van der Waals surface area contributed by atoms with Gasteiger partial charge in [0.25, 0.3) is 0 Å². The molecule has 0 aromatic heterocycles. The fourth-order valence-electron chi connectivity index (χ4n) is 6.84. The predicted octanol–water partition coefficient (Wildman–Crippen LogP) is 15.6. The normalized spacial score (nSPS) is 15.0. The van der Waals surface area contributed by atoms with Crippen molar-refractivity contribution >= 4 is 13.7 Å². The molecule has 3 unspecified atom stereocenters. The van der Waals surface area contributed by atoms with Crippen molar-refractivity contribution in [3.8, 4) is 0 Å². The molecule has 0 heterocycles. The van der Waals surface area contributed by atoms with Gasteiger partial charge in [0.05, 0.1) is 39.9 Å². The fourth-order valence-corrected chi connectivity index (χ4v) is 7.58. The van der Waals surface area contributed by atoms with Gasteiger partial charge in [-0.1, -0.05) is 200 Å². The summed E-state index contributed by atoms with van der Waals surface area (Å²) in [6, 6.07) is -0.886. The van der Waals surface area contributed by atoms with E-state index in [-0.39, 0.29) is 19.1 Å². The zero-order valence-corrected chi connectivity index (χ0v) is 43.8. The average Bonchev–Trinajstić information content (AvgIpc) is 3.28. The van der Waals surface area contributed by atoms with E-state index in [1.807, 2.05) is 27.2 Å². The maximum atomic E-state index is 12.9. The highest BCUT2D eigenvalue weighted by atomic mass is 31.2. The van der Waals surface area contributed by atoms with Gasteiger partial charge in [-0.2, -0.15) is 0 Å². The molecule has 1 amide bonds. The van der Waals surface area contributed by atoms with Crippen LogP contribution in [0.3, 0.4) is 0 Å². The van der Waals surface area contributed by atoms with Crippen molar-refractivity contribution < 1.29 is 32.9 Å². The first-order valence-corrected chi connectivity index (χ1v) is 27.8. The van der Waals surface area contributed by atoms with Crippen LogP contribution in [0, 0.1) is 0 Å². The van der Waals surface area contributed by atoms with Crippen LogP contribution in [-0.2, 0) is 18.4 Å². The molecule has 378 valence electrons. The van der Waals surface area contributed by atoms with E-state index >= 15 is 0 Å². The third-order valence-electron chi connectivity index (χ3n) is 11.0. The molecule has 0 saturated carbocycles. The first-order valence-electron chi connectivity index (χ1n) is 26.3. The van der Waals surface area contributed by atoms with Gasteiger partial charge >= 0.3 is 7.82 Å². The fraction of sp³-hybridized carbons (Fsp3) is 0.667. The van der Waals surface area contributed by atoms with Crippen molar-refractivity contribution in [3.05, 3.63) is 109 Å². The second-order valence-electron chi connectivity index (χ2n) is 18.5. The number of allylic oxidation sites excluding steroid dienone is 17. The predicted molar refractivity (Wildman–Crippen MR) is 285 cm³/mol. The zero-order chi connectivity index (χ0) is 48.5. The SMILES string of the molecule is CC/C=C\C/C=C\C/C=C\C/C=C\C/C=C\C/C=C\CCCCCCCCC(=O)NC(COP(=O)(O)OCC[N+](C)(C)C)C(O)/C=C/CC/C=C/CC/C=C/CCCCCCCCCCC. The van der Waals surface area contributed by atoms with Gasteiger partial charge in [-0.15, -0.1) is 0 Å². The third-order valence-corrected chi connectivity index (χ3v) is 11.9. The van der Waals surface area contributed by atoms with Crippen molar-refractivity contribution in [3.63, 3.8) is 0 Å². The van der Waals surface area contributed by atoms with Crippen LogP contribution in [0.1, 0.15) is 194 Å². The van der Waals surface area contributed by atoms with Gasteiger partial charge in [0.1, 0.15) is 13.2 Å². The Morgan fingerprint density at radius 1 is 0.530 bits per heavy atom. The third kappa shape index (κ3) is 49.1. The Morgan fingerprint density at radius 2 is 0.924 bits per heavy atom. The Bertz CT molecular complexity index is 1440. The Hall–Kier alpha value is -2.84. The number of phosphoric ester groups is 1. The molecule has 0 aliphatic rings. The molecule has 0 aromatic carbocycles. The molecule has 0 bridgehead atoms. The Balaban J connectivity index is 4.43. The van der Waals surface area contributed by atoms with E-state index in [0.717, 1.165) is 103 Å². The number of nitrogens with one attached hydrogen (secondary N) is 1. The molecule has 0 aromatic rings. The minimum Gasteiger partial charge on any atom is -0.387 e. The number of aliphatic hydroxyl groups is 1. The van der Waals surface area contributed by atoms with Gasteiger partial charge in [-0.05, 0) is 96.3 Å². The number of amides is 1. The Morgan fingerprint density at radius 3 is 1.39 bits per heavy atom. The summed E-state index contributed by atoms with van der Waals surface area (Å²) >= 11 is 0. The van der Waals surface area contributed by atoms with Crippen LogP contribution in [0.5, 0.6) is 0 Å². The lowest BCUT2D eigenvalue weighted by atomic mass is 10.1. The van der Waals surface area contributed by atoms with Gasteiger partial charge < -0.3 is 19.8 Å². The molecule has 3 atom stereocenters. The van der Waals surface area contributed by atoms with Crippen molar-refractivity contribution in [2.75, 3.05) is 40.9 Å². The van der Waals surface area contributed by atoms with Gasteiger partial charge in [-0.3, -0.25) is 13.8 Å². The van der Waals surface area contributed by atoms with Crippen LogP contribution < -0.4 is 5.32 Å². The number of rotatable bonds is 46. The maximum absolute atomic E-state index is 12.9. The van der Waals surface area contributed by atoms with E-state index in [2.05, 4.69) is 116 Å². The van der Waals surface area contributed by atoms with Crippen molar-refractivity contribution in [1.29, 1.82) is 0 Å². The Kier molecular flexibility index (Phi) is 45.2. The van der Waals surface area contributed by atoms with Crippen molar-refractivity contribution in [1.82, 2.24) is 5.32 Å². The minimum atomic E-state index is -4.37. The lowest BCUT2D eigenvalue weighted by Crippen LogP contribution is -2.45. The van der Waals surface area contributed by atoms with E-state index in [1.165, 1.54) is 70.6 Å². The molecular formula is C57H100N2O6P+. The molecular weight excluding hydrogens is 840 g/mol. The standard InChI is InChI=1S/C57H99N2O6P/c1-6-8-10-12-14-16-18-20-22-24-26-27-28-29-30-31-33-35-37-39-41-43-45-47-49-51-57(61)58-55(54-65-66(62,63)64-53-52-59(3,4)5)56(60)50-48-46-44-42-40-38-36-34-32-25-23-21-19-17-15-13-11-9-7-2/h8,10,14,16,20,22,26-27,29-30,32-35,40,42,48,50,55-56,60H,6-7,9,11-13,15,17-19,21,23-25,28,31,36-39,41,43-47,49,51-54H2,1-5H3,(H-,58,61,62,63)/p+1/b10-8-,16-14-,22-20-,27-26-,30-29-,34-32+,35-33-,42-40+,50-48+. The highest BCUT2D eigenvalue weighted by Gasteiger charge is 2.27. The van der Waals surface area contributed by atoms with E-state index < -0.39 is 20.0 Å². The molecule has 3 N–H and O–H groups in total.